The number of phenols is 1. The van der Waals surface area contributed by atoms with Crippen molar-refractivity contribution in [3.05, 3.63) is 29.6 Å². The van der Waals surface area contributed by atoms with Crippen molar-refractivity contribution in [2.75, 3.05) is 13.6 Å². The fourth-order valence-corrected chi connectivity index (χ4v) is 1.51. The molecule has 0 heterocycles. The lowest BCUT2D eigenvalue weighted by Gasteiger charge is -2.22. The first-order chi connectivity index (χ1) is 8.77. The maximum Gasteiger partial charge on any atom is 0.255 e. The Kier molecular flexibility index (Phi) is 4.47. The van der Waals surface area contributed by atoms with Gasteiger partial charge in [0.1, 0.15) is 11.6 Å². The van der Waals surface area contributed by atoms with Gasteiger partial charge in [-0.15, -0.1) is 0 Å². The maximum atomic E-state index is 12.8. The Bertz CT molecular complexity index is 501. The third-order valence-electron chi connectivity index (χ3n) is 2.74. The molecule has 1 aromatic carbocycles. The number of carbonyl (C=O) groups excluding carboxylic acids is 2. The molecule has 0 aromatic heterocycles. The summed E-state index contributed by atoms with van der Waals surface area (Å²) in [6.07, 6.45) is 0. The number of nitrogens with one attached hydrogen (secondary N) is 2. The molecule has 6 heteroatoms. The van der Waals surface area contributed by atoms with E-state index in [1.807, 2.05) is 0 Å². The zero-order chi connectivity index (χ0) is 14.6. The Labute approximate surface area is 110 Å². The number of hydrogen-bond donors (Lipinski definition) is 3. The molecule has 1 aromatic rings. The van der Waals surface area contributed by atoms with E-state index >= 15 is 0 Å². The van der Waals surface area contributed by atoms with Gasteiger partial charge in [-0.05, 0) is 26.0 Å². The van der Waals surface area contributed by atoms with E-state index in [4.69, 9.17) is 0 Å². The molecule has 2 amide bonds. The molecule has 0 atom stereocenters. The normalized spacial score (nSPS) is 10.9. The quantitative estimate of drug-likeness (QED) is 0.763. The lowest BCUT2D eigenvalue weighted by atomic mass is 9.92. The number of carbonyl (C=O) groups is 2. The molecule has 0 radical (unpaired) electrons. The molecule has 0 aliphatic heterocycles. The van der Waals surface area contributed by atoms with E-state index < -0.39 is 22.9 Å². The number of phenolic OH excluding ortho intramolecular Hbond substituents is 1. The number of aromatic hydroxyl groups is 1. The summed E-state index contributed by atoms with van der Waals surface area (Å²) >= 11 is 0. The van der Waals surface area contributed by atoms with Crippen molar-refractivity contribution < 1.29 is 19.1 Å². The van der Waals surface area contributed by atoms with Crippen molar-refractivity contribution in [1.82, 2.24) is 10.6 Å². The van der Waals surface area contributed by atoms with Crippen molar-refractivity contribution in [1.29, 1.82) is 0 Å². The van der Waals surface area contributed by atoms with Crippen molar-refractivity contribution in [3.63, 3.8) is 0 Å². The fraction of sp³-hybridized carbons (Fsp3) is 0.385. The largest absolute Gasteiger partial charge is 0.507 e. The first kappa shape index (κ1) is 14.9. The number of halogens is 1. The molecule has 0 unspecified atom stereocenters. The van der Waals surface area contributed by atoms with Crippen molar-refractivity contribution in [2.24, 2.45) is 5.41 Å². The predicted octanol–water partition coefficient (Wildman–Crippen LogP) is 1.03. The van der Waals surface area contributed by atoms with E-state index in [1.165, 1.54) is 13.1 Å². The average Bonchev–Trinajstić information content (AvgIpc) is 2.35. The Morgan fingerprint density at radius 1 is 1.37 bits per heavy atom. The van der Waals surface area contributed by atoms with Gasteiger partial charge in [0.05, 0.1) is 11.0 Å². The lowest BCUT2D eigenvalue weighted by Crippen LogP contribution is -2.43. The smallest absolute Gasteiger partial charge is 0.255 e. The second-order valence-corrected chi connectivity index (χ2v) is 4.81. The van der Waals surface area contributed by atoms with Crippen molar-refractivity contribution in [3.8, 4) is 5.75 Å². The number of hydrogen-bond acceptors (Lipinski definition) is 3. The van der Waals surface area contributed by atoms with Crippen LogP contribution in [0.4, 0.5) is 4.39 Å². The average molecular weight is 268 g/mol. The Morgan fingerprint density at radius 3 is 2.53 bits per heavy atom. The minimum Gasteiger partial charge on any atom is -0.507 e. The monoisotopic (exact) mass is 268 g/mol. The van der Waals surface area contributed by atoms with Gasteiger partial charge in [-0.2, -0.15) is 0 Å². The summed E-state index contributed by atoms with van der Waals surface area (Å²) in [7, 11) is 1.51. The highest BCUT2D eigenvalue weighted by Crippen LogP contribution is 2.19. The van der Waals surface area contributed by atoms with Crippen LogP contribution in [-0.2, 0) is 4.79 Å². The van der Waals surface area contributed by atoms with Gasteiger partial charge in [0.15, 0.2) is 0 Å². The SMILES string of the molecule is CNC(=O)C(C)(C)CNC(=O)c1ccc(F)cc1O. The van der Waals surface area contributed by atoms with Crippen LogP contribution in [0.2, 0.25) is 0 Å². The maximum absolute atomic E-state index is 12.8. The molecule has 0 bridgehead atoms. The molecule has 0 aliphatic carbocycles. The minimum atomic E-state index is -0.778. The van der Waals surface area contributed by atoms with E-state index in [1.54, 1.807) is 13.8 Å². The molecule has 0 spiro atoms. The van der Waals surface area contributed by atoms with E-state index in [-0.39, 0.29) is 18.0 Å². The summed E-state index contributed by atoms with van der Waals surface area (Å²) < 4.78 is 12.8. The highest BCUT2D eigenvalue weighted by Gasteiger charge is 2.27. The fourth-order valence-electron chi connectivity index (χ4n) is 1.51. The first-order valence-electron chi connectivity index (χ1n) is 5.77. The Hall–Kier alpha value is -2.11. The van der Waals surface area contributed by atoms with Crippen LogP contribution in [-0.4, -0.2) is 30.5 Å². The van der Waals surface area contributed by atoms with Crippen LogP contribution in [0.1, 0.15) is 24.2 Å². The van der Waals surface area contributed by atoms with Crippen LogP contribution in [0, 0.1) is 11.2 Å². The van der Waals surface area contributed by atoms with Gasteiger partial charge in [-0.3, -0.25) is 9.59 Å². The summed E-state index contributed by atoms with van der Waals surface area (Å²) in [5, 5.41) is 14.5. The molecular weight excluding hydrogens is 251 g/mol. The third-order valence-corrected chi connectivity index (χ3v) is 2.74. The molecule has 0 saturated carbocycles. The molecule has 0 saturated heterocycles. The number of benzene rings is 1. The van der Waals surface area contributed by atoms with Gasteiger partial charge in [-0.25, -0.2) is 4.39 Å². The summed E-state index contributed by atoms with van der Waals surface area (Å²) in [4.78, 5) is 23.3. The van der Waals surface area contributed by atoms with E-state index in [2.05, 4.69) is 10.6 Å². The van der Waals surface area contributed by atoms with Crippen LogP contribution >= 0.6 is 0 Å². The van der Waals surface area contributed by atoms with Crippen LogP contribution in [0.25, 0.3) is 0 Å². The number of rotatable bonds is 4. The summed E-state index contributed by atoms with van der Waals surface area (Å²) in [6, 6.07) is 3.13. The van der Waals surface area contributed by atoms with Gasteiger partial charge in [0.25, 0.3) is 5.91 Å². The van der Waals surface area contributed by atoms with Gasteiger partial charge < -0.3 is 15.7 Å². The summed E-state index contributed by atoms with van der Waals surface area (Å²) in [5.74, 6) is -1.83. The Morgan fingerprint density at radius 2 is 2.00 bits per heavy atom. The Balaban J connectivity index is 2.73. The van der Waals surface area contributed by atoms with Gasteiger partial charge in [0, 0.05) is 19.7 Å². The van der Waals surface area contributed by atoms with Crippen LogP contribution < -0.4 is 10.6 Å². The van der Waals surface area contributed by atoms with Gasteiger partial charge in [0.2, 0.25) is 5.91 Å². The minimum absolute atomic E-state index is 0.0332. The van der Waals surface area contributed by atoms with Gasteiger partial charge >= 0.3 is 0 Å². The number of amides is 2. The molecular formula is C13H17FN2O3. The van der Waals surface area contributed by atoms with E-state index in [9.17, 15) is 19.1 Å². The molecule has 19 heavy (non-hydrogen) atoms. The molecule has 0 aliphatic rings. The molecule has 1 rings (SSSR count). The standard InChI is InChI=1S/C13H17FN2O3/c1-13(2,12(19)15-3)7-16-11(18)9-5-4-8(14)6-10(9)17/h4-6,17H,7H2,1-3H3,(H,15,19)(H,16,18). The predicted molar refractivity (Wildman–Crippen MR) is 68.2 cm³/mol. The van der Waals surface area contributed by atoms with Gasteiger partial charge in [-0.1, -0.05) is 0 Å². The topological polar surface area (TPSA) is 78.4 Å². The first-order valence-corrected chi connectivity index (χ1v) is 5.77. The second-order valence-electron chi connectivity index (χ2n) is 4.81. The van der Waals surface area contributed by atoms with Crippen molar-refractivity contribution >= 4 is 11.8 Å². The van der Waals surface area contributed by atoms with Crippen LogP contribution in [0.5, 0.6) is 5.75 Å². The van der Waals surface area contributed by atoms with Crippen LogP contribution in [0.15, 0.2) is 18.2 Å². The zero-order valence-electron chi connectivity index (χ0n) is 11.1. The summed E-state index contributed by atoms with van der Waals surface area (Å²) in [5.41, 5.74) is -0.811. The third kappa shape index (κ3) is 3.67. The molecule has 0 fully saturated rings. The highest BCUT2D eigenvalue weighted by atomic mass is 19.1. The second kappa shape index (κ2) is 5.69. The van der Waals surface area contributed by atoms with E-state index in [0.717, 1.165) is 12.1 Å². The highest BCUT2D eigenvalue weighted by molar-refractivity contribution is 5.97. The summed E-state index contributed by atoms with van der Waals surface area (Å²) in [6.45, 7) is 3.45. The molecule has 104 valence electrons. The van der Waals surface area contributed by atoms with E-state index in [0.29, 0.717) is 0 Å². The molecule has 3 N–H and O–H groups in total. The van der Waals surface area contributed by atoms with Crippen LogP contribution in [0.3, 0.4) is 0 Å². The molecule has 5 nitrogen and oxygen atoms in total. The lowest BCUT2D eigenvalue weighted by molar-refractivity contribution is -0.128. The zero-order valence-corrected chi connectivity index (χ0v) is 11.1. The van der Waals surface area contributed by atoms with Crippen molar-refractivity contribution in [2.45, 2.75) is 13.8 Å².